The van der Waals surface area contributed by atoms with Gasteiger partial charge in [0, 0.05) is 19.3 Å². The van der Waals surface area contributed by atoms with Crippen molar-refractivity contribution in [3.63, 3.8) is 0 Å². The number of aliphatic hydroxyl groups is 1. The lowest BCUT2D eigenvalue weighted by molar-refractivity contribution is -0.161. The fraction of sp³-hybridized carbons (Fsp3) is 0.810. The van der Waals surface area contributed by atoms with E-state index in [-0.39, 0.29) is 25.9 Å². The summed E-state index contributed by atoms with van der Waals surface area (Å²) in [6.07, 6.45) is 54.9. The number of aliphatic hydroxyl groups excluding tert-OH is 1. The first-order chi connectivity index (χ1) is 34.2. The van der Waals surface area contributed by atoms with E-state index in [1.807, 2.05) is 0 Å². The van der Waals surface area contributed by atoms with Crippen molar-refractivity contribution < 1.29 is 52.2 Å². The lowest BCUT2D eigenvalue weighted by Gasteiger charge is -2.21. The number of esters is 3. The molecule has 0 radical (unpaired) electrons. The molecule has 0 saturated carbocycles. The van der Waals surface area contributed by atoms with Crippen LogP contribution in [0, 0.1) is 0 Å². The number of hydrogen-bond donors (Lipinski definition) is 2. The molecule has 0 rings (SSSR count). The van der Waals surface area contributed by atoms with Crippen molar-refractivity contribution in [2.45, 2.75) is 277 Å². The van der Waals surface area contributed by atoms with Gasteiger partial charge in [0.05, 0.1) is 19.8 Å². The van der Waals surface area contributed by atoms with Crippen LogP contribution in [0.2, 0.25) is 0 Å². The second kappa shape index (κ2) is 52.8. The molecule has 0 bridgehead atoms. The Morgan fingerprint density at radius 1 is 0.400 bits per heavy atom. The Balaban J connectivity index is 4.73. The van der Waals surface area contributed by atoms with Gasteiger partial charge in [-0.1, -0.05) is 198 Å². The van der Waals surface area contributed by atoms with Gasteiger partial charge in [-0.25, -0.2) is 4.57 Å². The Bertz CT molecular complexity index is 1360. The molecule has 0 saturated heterocycles. The molecule has 3 atom stereocenters. The molecule has 12 heteroatoms. The number of carbonyl (C=O) groups is 3. The van der Waals surface area contributed by atoms with E-state index < -0.39 is 57.8 Å². The summed E-state index contributed by atoms with van der Waals surface area (Å²) < 4.78 is 39.5. The molecule has 0 aliphatic heterocycles. The van der Waals surface area contributed by atoms with E-state index in [0.29, 0.717) is 19.3 Å². The predicted octanol–water partition coefficient (Wildman–Crippen LogP) is 16.6. The van der Waals surface area contributed by atoms with Gasteiger partial charge in [0.2, 0.25) is 0 Å². The second-order valence-corrected chi connectivity index (χ2v) is 20.5. The maximum atomic E-state index is 12.9. The van der Waals surface area contributed by atoms with Crippen LogP contribution in [0.5, 0.6) is 0 Å². The van der Waals surface area contributed by atoms with E-state index >= 15 is 0 Å². The van der Waals surface area contributed by atoms with Gasteiger partial charge < -0.3 is 24.2 Å². The minimum Gasteiger partial charge on any atom is -0.462 e. The van der Waals surface area contributed by atoms with Crippen LogP contribution in [0.3, 0.4) is 0 Å². The van der Waals surface area contributed by atoms with E-state index in [4.69, 9.17) is 23.3 Å². The van der Waals surface area contributed by atoms with Crippen LogP contribution < -0.4 is 0 Å². The standard InChI is InChI=1S/C58H105O11P/c1-4-7-10-13-16-19-22-25-27-30-33-36-39-42-45-48-57(61)68-54(50-59)52-66-70(63,64)67-53-55(51-65-56(60)47-44-41-38-35-32-29-24-21-18-15-12-9-6-3)69-58(62)49-46-43-40-37-34-31-28-26-23-20-17-14-11-8-5-2/h12,15,21,24-28,54-55,59H,4-11,13-14,16-20,22-23,29-53H2,1-3H3,(H,63,64)/b15-12-,24-21-,27-25-,28-26-. The number of carbonyl (C=O) groups excluding carboxylic acids is 3. The summed E-state index contributed by atoms with van der Waals surface area (Å²) in [7, 11) is -4.75. The average Bonchev–Trinajstić information content (AvgIpc) is 3.35. The van der Waals surface area contributed by atoms with Gasteiger partial charge in [0.25, 0.3) is 0 Å². The van der Waals surface area contributed by atoms with Crippen molar-refractivity contribution in [2.24, 2.45) is 0 Å². The molecule has 11 nitrogen and oxygen atoms in total. The van der Waals surface area contributed by atoms with Crippen LogP contribution in [0.1, 0.15) is 265 Å². The highest BCUT2D eigenvalue weighted by molar-refractivity contribution is 7.47. The number of phosphoric ester groups is 1. The number of phosphoric acid groups is 1. The third-order valence-electron chi connectivity index (χ3n) is 12.2. The number of rotatable bonds is 53. The molecule has 408 valence electrons. The van der Waals surface area contributed by atoms with E-state index in [0.717, 1.165) is 122 Å². The topological polar surface area (TPSA) is 155 Å². The first-order valence-electron chi connectivity index (χ1n) is 28.5. The fourth-order valence-corrected chi connectivity index (χ4v) is 8.58. The molecule has 3 unspecified atom stereocenters. The summed E-state index contributed by atoms with van der Waals surface area (Å²) in [4.78, 5) is 48.5. The molecule has 0 aromatic rings. The molecule has 70 heavy (non-hydrogen) atoms. The van der Waals surface area contributed by atoms with Crippen molar-refractivity contribution in [2.75, 3.05) is 26.4 Å². The maximum absolute atomic E-state index is 12.9. The molecular formula is C58H105O11P. The van der Waals surface area contributed by atoms with Crippen LogP contribution in [0.4, 0.5) is 0 Å². The maximum Gasteiger partial charge on any atom is 0.472 e. The first-order valence-corrected chi connectivity index (χ1v) is 30.0. The zero-order valence-corrected chi connectivity index (χ0v) is 45.9. The monoisotopic (exact) mass is 1010 g/mol. The Morgan fingerprint density at radius 2 is 0.729 bits per heavy atom. The minimum atomic E-state index is -4.75. The van der Waals surface area contributed by atoms with Crippen molar-refractivity contribution in [3.8, 4) is 0 Å². The third-order valence-corrected chi connectivity index (χ3v) is 13.1. The van der Waals surface area contributed by atoms with Crippen molar-refractivity contribution in [1.29, 1.82) is 0 Å². The first kappa shape index (κ1) is 67.4. The number of unbranched alkanes of at least 4 members (excludes halogenated alkanes) is 28. The van der Waals surface area contributed by atoms with E-state index in [2.05, 4.69) is 69.4 Å². The summed E-state index contributed by atoms with van der Waals surface area (Å²) in [5.74, 6) is -1.49. The Labute approximate surface area is 428 Å². The quantitative estimate of drug-likeness (QED) is 0.0197. The van der Waals surface area contributed by atoms with Crippen LogP contribution in [-0.4, -0.2) is 66.5 Å². The molecule has 0 aliphatic carbocycles. The van der Waals surface area contributed by atoms with Gasteiger partial charge in [0.1, 0.15) is 12.7 Å². The smallest absolute Gasteiger partial charge is 0.462 e. The van der Waals surface area contributed by atoms with Crippen molar-refractivity contribution in [1.82, 2.24) is 0 Å². The number of allylic oxidation sites excluding steroid dienone is 8. The lowest BCUT2D eigenvalue weighted by atomic mass is 10.1. The Kier molecular flexibility index (Phi) is 50.8. The van der Waals surface area contributed by atoms with Gasteiger partial charge in [-0.05, 0) is 96.3 Å². The molecule has 0 spiro atoms. The summed E-state index contributed by atoms with van der Waals surface area (Å²) in [5, 5.41) is 9.80. The highest BCUT2D eigenvalue weighted by Crippen LogP contribution is 2.43. The number of ether oxygens (including phenoxy) is 3. The summed E-state index contributed by atoms with van der Waals surface area (Å²) in [6.45, 7) is 4.55. The van der Waals surface area contributed by atoms with Crippen molar-refractivity contribution >= 4 is 25.7 Å². The largest absolute Gasteiger partial charge is 0.472 e. The van der Waals surface area contributed by atoms with Crippen LogP contribution in [-0.2, 0) is 42.2 Å². The summed E-state index contributed by atoms with van der Waals surface area (Å²) >= 11 is 0. The molecule has 0 aromatic heterocycles. The zero-order valence-electron chi connectivity index (χ0n) is 45.0. The highest BCUT2D eigenvalue weighted by atomic mass is 31.2. The van der Waals surface area contributed by atoms with E-state index in [1.165, 1.54) is 83.5 Å². The molecule has 0 heterocycles. The van der Waals surface area contributed by atoms with Crippen LogP contribution >= 0.6 is 7.82 Å². The second-order valence-electron chi connectivity index (χ2n) is 19.1. The van der Waals surface area contributed by atoms with Crippen LogP contribution in [0.25, 0.3) is 0 Å². The third kappa shape index (κ3) is 50.4. The predicted molar refractivity (Wildman–Crippen MR) is 289 cm³/mol. The minimum absolute atomic E-state index is 0.155. The van der Waals surface area contributed by atoms with E-state index in [9.17, 15) is 28.9 Å². The van der Waals surface area contributed by atoms with E-state index in [1.54, 1.807) is 0 Å². The fourth-order valence-electron chi connectivity index (χ4n) is 7.80. The molecule has 0 aliphatic rings. The Hall–Kier alpha value is -2.56. The lowest BCUT2D eigenvalue weighted by Crippen LogP contribution is -2.30. The van der Waals surface area contributed by atoms with Gasteiger partial charge in [-0.2, -0.15) is 0 Å². The zero-order chi connectivity index (χ0) is 51.3. The highest BCUT2D eigenvalue weighted by Gasteiger charge is 2.28. The molecular weight excluding hydrogens is 904 g/mol. The molecule has 0 amide bonds. The SMILES string of the molecule is CCC/C=C\C/C=C\CCCCCCCC(=O)OCC(COP(=O)(O)OCC(CO)OC(=O)CCCCCCC/C=C\CCCCCCCC)OC(=O)CCCCCCC/C=C\CCCCCCCC. The van der Waals surface area contributed by atoms with Gasteiger partial charge in [0.15, 0.2) is 6.10 Å². The normalized spacial score (nSPS) is 13.7. The number of hydrogen-bond acceptors (Lipinski definition) is 10. The van der Waals surface area contributed by atoms with Gasteiger partial charge >= 0.3 is 25.7 Å². The molecule has 0 aromatic carbocycles. The molecule has 2 N–H and O–H groups in total. The Morgan fingerprint density at radius 3 is 1.13 bits per heavy atom. The van der Waals surface area contributed by atoms with Crippen LogP contribution in [0.15, 0.2) is 48.6 Å². The average molecular weight is 1010 g/mol. The summed E-state index contributed by atoms with van der Waals surface area (Å²) in [6, 6.07) is 0. The van der Waals surface area contributed by atoms with Crippen molar-refractivity contribution in [3.05, 3.63) is 48.6 Å². The summed E-state index contributed by atoms with van der Waals surface area (Å²) in [5.41, 5.74) is 0. The van der Waals surface area contributed by atoms with Gasteiger partial charge in [-0.15, -0.1) is 0 Å². The molecule has 0 fully saturated rings. The van der Waals surface area contributed by atoms with Gasteiger partial charge in [-0.3, -0.25) is 23.4 Å².